The van der Waals surface area contributed by atoms with Crippen molar-refractivity contribution in [3.63, 3.8) is 0 Å². The third kappa shape index (κ3) is 2.11. The van der Waals surface area contributed by atoms with Crippen LogP contribution in [0, 0.1) is 41.1 Å². The normalized spacial score (nSPS) is 49.4. The lowest BCUT2D eigenvalue weighted by Crippen LogP contribution is -2.49. The zero-order valence-corrected chi connectivity index (χ0v) is 16.0. The molecule has 0 aromatic rings. The molecule has 0 radical (unpaired) electrons. The highest BCUT2D eigenvalue weighted by atomic mass is 14.7. The highest BCUT2D eigenvalue weighted by Gasteiger charge is 2.57. The maximum absolute atomic E-state index is 7.48. The van der Waals surface area contributed by atoms with Gasteiger partial charge in [-0.25, -0.2) is 4.85 Å². The molecule has 24 heavy (non-hydrogen) atoms. The van der Waals surface area contributed by atoms with Crippen molar-refractivity contribution in [1.82, 2.24) is 0 Å². The molecule has 6 atom stereocenters. The van der Waals surface area contributed by atoms with Crippen LogP contribution in [0.1, 0.15) is 79.1 Å². The molecule has 0 aromatic carbocycles. The molecule has 1 heteroatoms. The molecule has 0 N–H and O–H groups in total. The van der Waals surface area contributed by atoms with Crippen molar-refractivity contribution in [3.05, 3.63) is 34.3 Å². The summed E-state index contributed by atoms with van der Waals surface area (Å²) in [6, 6.07) is 0. The molecule has 130 valence electrons. The molecule has 3 fully saturated rings. The molecule has 0 saturated heterocycles. The largest absolute Gasteiger partial charge is 0.243 e. The molecule has 1 nitrogen and oxygen atoms in total. The van der Waals surface area contributed by atoms with Crippen LogP contribution in [0.25, 0.3) is 4.85 Å². The van der Waals surface area contributed by atoms with Crippen molar-refractivity contribution in [2.24, 2.45) is 34.5 Å². The highest BCUT2D eigenvalue weighted by molar-refractivity contribution is 5.33. The summed E-state index contributed by atoms with van der Waals surface area (Å²) >= 11 is 0. The van der Waals surface area contributed by atoms with Gasteiger partial charge in [-0.05, 0) is 92.8 Å². The molecular weight excluding hydrogens is 290 g/mol. The number of fused-ring (bicyclic) bond motifs is 5. The average Bonchev–Trinajstić information content (AvgIpc) is 2.92. The number of allylic oxidation sites excluding steroid dienone is 4. The van der Waals surface area contributed by atoms with Gasteiger partial charge < -0.3 is 0 Å². The second kappa shape index (κ2) is 5.48. The molecular formula is C23H33N. The van der Waals surface area contributed by atoms with Crippen molar-refractivity contribution >= 4 is 0 Å². The smallest absolute Gasteiger partial charge is 0.162 e. The minimum atomic E-state index is 0.319. The van der Waals surface area contributed by atoms with Gasteiger partial charge in [0.05, 0.1) is 6.57 Å². The fourth-order valence-electron chi connectivity index (χ4n) is 7.32. The molecule has 0 aromatic heterocycles. The lowest BCUT2D eigenvalue weighted by atomic mass is 9.47. The van der Waals surface area contributed by atoms with Crippen LogP contribution >= 0.6 is 0 Å². The first-order valence-electron chi connectivity index (χ1n) is 10.2. The summed E-state index contributed by atoms with van der Waals surface area (Å²) in [6.07, 6.45) is 13.4. The van der Waals surface area contributed by atoms with Gasteiger partial charge in [0.1, 0.15) is 0 Å². The average molecular weight is 324 g/mol. The van der Waals surface area contributed by atoms with E-state index < -0.39 is 0 Å². The molecule has 4 aliphatic rings. The first-order chi connectivity index (χ1) is 11.4. The summed E-state index contributed by atoms with van der Waals surface area (Å²) in [7, 11) is 0. The molecule has 3 saturated carbocycles. The molecule has 0 unspecified atom stereocenters. The van der Waals surface area contributed by atoms with Gasteiger partial charge in [0, 0.05) is 0 Å². The Bertz CT molecular complexity index is 647. The summed E-state index contributed by atoms with van der Waals surface area (Å²) in [6.45, 7) is 17.1. The van der Waals surface area contributed by atoms with Crippen LogP contribution in [0.4, 0.5) is 0 Å². The Morgan fingerprint density at radius 2 is 1.83 bits per heavy atom. The van der Waals surface area contributed by atoms with Gasteiger partial charge >= 0.3 is 0 Å². The summed E-state index contributed by atoms with van der Waals surface area (Å²) in [4.78, 5) is 3.82. The Kier molecular flexibility index (Phi) is 3.76. The predicted molar refractivity (Wildman–Crippen MR) is 100 cm³/mol. The topological polar surface area (TPSA) is 4.36 Å². The van der Waals surface area contributed by atoms with E-state index in [1.165, 1.54) is 56.9 Å². The summed E-state index contributed by atoms with van der Waals surface area (Å²) in [5.74, 6) is 3.46. The van der Waals surface area contributed by atoms with Crippen LogP contribution in [0.2, 0.25) is 0 Å². The lowest BCUT2D eigenvalue weighted by molar-refractivity contribution is -0.0175. The highest BCUT2D eigenvalue weighted by Crippen LogP contribution is 2.66. The molecule has 4 aliphatic carbocycles. The van der Waals surface area contributed by atoms with Gasteiger partial charge in [0.2, 0.25) is 0 Å². The maximum atomic E-state index is 7.48. The van der Waals surface area contributed by atoms with E-state index in [0.717, 1.165) is 29.4 Å². The first-order valence-corrected chi connectivity index (χ1v) is 10.2. The Labute approximate surface area is 148 Å². The molecule has 0 bridgehead atoms. The van der Waals surface area contributed by atoms with E-state index in [2.05, 4.69) is 38.6 Å². The van der Waals surface area contributed by atoms with Crippen LogP contribution in [0.3, 0.4) is 0 Å². The van der Waals surface area contributed by atoms with Crippen molar-refractivity contribution in [2.45, 2.75) is 79.1 Å². The van der Waals surface area contributed by atoms with E-state index in [1.807, 2.05) is 0 Å². The zero-order valence-electron chi connectivity index (χ0n) is 16.0. The minimum Gasteiger partial charge on any atom is -0.243 e. The van der Waals surface area contributed by atoms with Crippen molar-refractivity contribution in [1.29, 1.82) is 0 Å². The van der Waals surface area contributed by atoms with Gasteiger partial charge in [0.15, 0.2) is 5.70 Å². The van der Waals surface area contributed by atoms with E-state index in [1.54, 1.807) is 5.57 Å². The van der Waals surface area contributed by atoms with E-state index in [4.69, 9.17) is 6.57 Å². The molecule has 0 aliphatic heterocycles. The van der Waals surface area contributed by atoms with E-state index in [-0.39, 0.29) is 0 Å². The summed E-state index contributed by atoms with van der Waals surface area (Å²) in [5.41, 5.74) is 5.12. The lowest BCUT2D eigenvalue weighted by Gasteiger charge is -2.57. The number of hydrogen-bond donors (Lipinski definition) is 0. The van der Waals surface area contributed by atoms with E-state index in [0.29, 0.717) is 10.8 Å². The van der Waals surface area contributed by atoms with Crippen LogP contribution in [0.15, 0.2) is 22.9 Å². The van der Waals surface area contributed by atoms with Crippen LogP contribution in [-0.2, 0) is 0 Å². The SMILES string of the molecule is [C-]#[N+]/C(C)=C1/CC[C@H]2[C@@H]3CC=C4C[C@@H](C)CC[C@]4(C)[C@H]3CC[C@]12C. The second-order valence-electron chi connectivity index (χ2n) is 9.78. The number of hydrogen-bond acceptors (Lipinski definition) is 0. The second-order valence-corrected chi connectivity index (χ2v) is 9.78. The molecule has 0 heterocycles. The third-order valence-corrected chi connectivity index (χ3v) is 8.74. The third-order valence-electron chi connectivity index (χ3n) is 8.74. The predicted octanol–water partition coefficient (Wildman–Crippen LogP) is 6.78. The van der Waals surface area contributed by atoms with Gasteiger partial charge in [-0.3, -0.25) is 0 Å². The van der Waals surface area contributed by atoms with Crippen molar-refractivity contribution in [2.75, 3.05) is 0 Å². The number of nitrogens with zero attached hydrogens (tertiary/aromatic N) is 1. The number of rotatable bonds is 0. The minimum absolute atomic E-state index is 0.319. The standard InChI is InChI=1S/C23H33N/c1-15-10-12-22(3)17(14-15)6-7-18-20-9-8-19(16(2)24-5)23(20,4)13-11-21(18)22/h6,15,18,20-21H,7-14H2,1-4H3/b19-16-/t15-,18-,20-,21-,22-,23+/m0/s1. The fourth-order valence-corrected chi connectivity index (χ4v) is 7.32. The van der Waals surface area contributed by atoms with Gasteiger partial charge in [-0.15, -0.1) is 0 Å². The van der Waals surface area contributed by atoms with Crippen molar-refractivity contribution in [3.8, 4) is 0 Å². The van der Waals surface area contributed by atoms with Crippen LogP contribution < -0.4 is 0 Å². The quantitative estimate of drug-likeness (QED) is 0.342. The summed E-state index contributed by atoms with van der Waals surface area (Å²) < 4.78 is 0. The Hall–Kier alpha value is -1.03. The molecule has 4 rings (SSSR count). The Morgan fingerprint density at radius 1 is 1.12 bits per heavy atom. The monoisotopic (exact) mass is 323 g/mol. The van der Waals surface area contributed by atoms with E-state index in [9.17, 15) is 0 Å². The summed E-state index contributed by atoms with van der Waals surface area (Å²) in [5, 5.41) is 0. The molecule has 0 amide bonds. The molecule has 0 spiro atoms. The van der Waals surface area contributed by atoms with Gasteiger partial charge in [0.25, 0.3) is 0 Å². The van der Waals surface area contributed by atoms with Crippen molar-refractivity contribution < 1.29 is 0 Å². The first kappa shape index (κ1) is 16.4. The van der Waals surface area contributed by atoms with Crippen LogP contribution in [0.5, 0.6) is 0 Å². The van der Waals surface area contributed by atoms with Gasteiger partial charge in [-0.1, -0.05) is 38.0 Å². The maximum Gasteiger partial charge on any atom is 0.162 e. The van der Waals surface area contributed by atoms with Crippen LogP contribution in [-0.4, -0.2) is 0 Å². The fraction of sp³-hybridized carbons (Fsp3) is 0.783. The Morgan fingerprint density at radius 3 is 2.58 bits per heavy atom. The Balaban J connectivity index is 1.69. The van der Waals surface area contributed by atoms with E-state index >= 15 is 0 Å². The zero-order chi connectivity index (χ0) is 17.1. The van der Waals surface area contributed by atoms with Gasteiger partial charge in [-0.2, -0.15) is 0 Å².